The highest BCUT2D eigenvalue weighted by Gasteiger charge is 2.53. The predicted molar refractivity (Wildman–Crippen MR) is 55.2 cm³/mol. The molecule has 1 aromatic heterocycles. The van der Waals surface area contributed by atoms with Gasteiger partial charge in [0.1, 0.15) is 23.3 Å². The lowest BCUT2D eigenvalue weighted by molar-refractivity contribution is 0.191. The van der Waals surface area contributed by atoms with Crippen molar-refractivity contribution in [3.63, 3.8) is 0 Å². The zero-order chi connectivity index (χ0) is 11.9. The zero-order valence-electron chi connectivity index (χ0n) is 8.33. The lowest BCUT2D eigenvalue weighted by atomic mass is 9.91. The maximum absolute atomic E-state index is 13.5. The number of rotatable bonds is 3. The van der Waals surface area contributed by atoms with Crippen molar-refractivity contribution < 1.29 is 13.9 Å². The van der Waals surface area contributed by atoms with Gasteiger partial charge in [0, 0.05) is 5.92 Å². The first-order valence-corrected chi connectivity index (χ1v) is 5.22. The Morgan fingerprint density at radius 2 is 2.25 bits per heavy atom. The molecule has 88 valence electrons. The summed E-state index contributed by atoms with van der Waals surface area (Å²) < 4.78 is 26.5. The third kappa shape index (κ3) is 1.79. The molecule has 1 aliphatic rings. The Morgan fingerprint density at radius 1 is 1.62 bits per heavy atom. The lowest BCUT2D eigenvalue weighted by Crippen LogP contribution is -2.44. The first-order valence-electron chi connectivity index (χ1n) is 4.84. The van der Waals surface area contributed by atoms with Crippen molar-refractivity contribution in [3.8, 4) is 0 Å². The van der Waals surface area contributed by atoms with Crippen LogP contribution in [0, 0.1) is 11.7 Å². The molecule has 6 heteroatoms. The van der Waals surface area contributed by atoms with E-state index in [1.54, 1.807) is 0 Å². The molecular weight excluding hydrogens is 238 g/mol. The van der Waals surface area contributed by atoms with Crippen LogP contribution in [0.25, 0.3) is 0 Å². The van der Waals surface area contributed by atoms with Gasteiger partial charge in [-0.05, 0) is 18.6 Å². The van der Waals surface area contributed by atoms with Crippen LogP contribution in [-0.2, 0) is 5.54 Å². The third-order valence-corrected chi connectivity index (χ3v) is 3.10. The molecule has 3 nitrogen and oxygen atoms in total. The maximum atomic E-state index is 13.5. The first-order chi connectivity index (χ1) is 7.49. The molecule has 16 heavy (non-hydrogen) atoms. The predicted octanol–water partition coefficient (Wildman–Crippen LogP) is 1.38. The zero-order valence-corrected chi connectivity index (χ0v) is 9.09. The van der Waals surface area contributed by atoms with Crippen molar-refractivity contribution >= 4 is 11.6 Å². The van der Waals surface area contributed by atoms with Crippen LogP contribution in [0.3, 0.4) is 0 Å². The molecule has 3 N–H and O–H groups in total. The minimum Gasteiger partial charge on any atom is -0.393 e. The smallest absolute Gasteiger partial charge is 0.146 e. The van der Waals surface area contributed by atoms with E-state index >= 15 is 0 Å². The molecule has 0 spiro atoms. The molecule has 0 radical (unpaired) electrons. The van der Waals surface area contributed by atoms with Crippen LogP contribution in [-0.4, -0.2) is 22.9 Å². The van der Waals surface area contributed by atoms with Gasteiger partial charge in [-0.3, -0.25) is 0 Å². The van der Waals surface area contributed by atoms with Crippen molar-refractivity contribution in [2.75, 3.05) is 6.67 Å². The van der Waals surface area contributed by atoms with Gasteiger partial charge < -0.3 is 10.8 Å². The van der Waals surface area contributed by atoms with E-state index in [9.17, 15) is 13.9 Å². The summed E-state index contributed by atoms with van der Waals surface area (Å²) in [5.41, 5.74) is 3.98. The summed E-state index contributed by atoms with van der Waals surface area (Å²) in [5, 5.41) is 9.34. The highest BCUT2D eigenvalue weighted by atomic mass is 35.5. The minimum absolute atomic E-state index is 0.0508. The Balaban J connectivity index is 2.43. The van der Waals surface area contributed by atoms with Crippen molar-refractivity contribution in [1.82, 2.24) is 4.98 Å². The highest BCUT2D eigenvalue weighted by molar-refractivity contribution is 6.29. The van der Waals surface area contributed by atoms with Crippen molar-refractivity contribution in [2.24, 2.45) is 11.7 Å². The van der Waals surface area contributed by atoms with E-state index < -0.39 is 30.1 Å². The average molecular weight is 249 g/mol. The molecular formula is C10H11ClF2N2O. The van der Waals surface area contributed by atoms with Crippen molar-refractivity contribution in [2.45, 2.75) is 18.1 Å². The molecule has 0 saturated heterocycles. The van der Waals surface area contributed by atoms with Gasteiger partial charge >= 0.3 is 0 Å². The van der Waals surface area contributed by atoms with Gasteiger partial charge in [-0.1, -0.05) is 11.6 Å². The van der Waals surface area contributed by atoms with Crippen LogP contribution in [0.4, 0.5) is 8.78 Å². The Bertz CT molecular complexity index is 418. The number of nitrogens with two attached hydrogens (primary N) is 1. The maximum Gasteiger partial charge on any atom is 0.146 e. The third-order valence-electron chi connectivity index (χ3n) is 2.89. The van der Waals surface area contributed by atoms with Crippen molar-refractivity contribution in [1.29, 1.82) is 0 Å². The highest BCUT2D eigenvalue weighted by Crippen LogP contribution is 2.44. The quantitative estimate of drug-likeness (QED) is 0.795. The Morgan fingerprint density at radius 3 is 2.75 bits per heavy atom. The van der Waals surface area contributed by atoms with Gasteiger partial charge in [-0.25, -0.2) is 13.8 Å². The summed E-state index contributed by atoms with van der Waals surface area (Å²) in [6, 6.07) is 2.36. The van der Waals surface area contributed by atoms with Crippen LogP contribution in [0.5, 0.6) is 0 Å². The Hall–Kier alpha value is -0.780. The summed E-state index contributed by atoms with van der Waals surface area (Å²) in [7, 11) is 0. The second-order valence-electron chi connectivity index (χ2n) is 4.05. The number of aromatic nitrogens is 1. The summed E-state index contributed by atoms with van der Waals surface area (Å²) in [6.45, 7) is -0.987. The normalized spacial score (nSPS) is 27.6. The van der Waals surface area contributed by atoms with Gasteiger partial charge in [-0.15, -0.1) is 0 Å². The van der Waals surface area contributed by atoms with Gasteiger partial charge in [0.2, 0.25) is 0 Å². The van der Waals surface area contributed by atoms with Gasteiger partial charge in [-0.2, -0.15) is 0 Å². The fourth-order valence-electron chi connectivity index (χ4n) is 1.82. The summed E-state index contributed by atoms with van der Waals surface area (Å²) in [5.74, 6) is -1.21. The summed E-state index contributed by atoms with van der Waals surface area (Å²) in [4.78, 5) is 3.73. The minimum atomic E-state index is -1.59. The van der Waals surface area contributed by atoms with E-state index in [1.165, 1.54) is 6.07 Å². The monoisotopic (exact) mass is 248 g/mol. The number of aliphatic hydroxyl groups excluding tert-OH is 1. The average Bonchev–Trinajstić information content (AvgIpc) is 2.99. The summed E-state index contributed by atoms with van der Waals surface area (Å²) in [6.07, 6.45) is -0.338. The van der Waals surface area contributed by atoms with Crippen LogP contribution in [0.15, 0.2) is 12.1 Å². The second-order valence-corrected chi connectivity index (χ2v) is 4.44. The molecule has 1 aliphatic carbocycles. The lowest BCUT2D eigenvalue weighted by Gasteiger charge is -2.26. The SMILES string of the molecule is N[C@](CF)(c1nc(Cl)ccc1F)[C@H]1C[C@H]1O. The van der Waals surface area contributed by atoms with E-state index in [4.69, 9.17) is 17.3 Å². The number of nitrogens with zero attached hydrogens (tertiary/aromatic N) is 1. The fourth-order valence-corrected chi connectivity index (χ4v) is 1.97. The molecule has 0 amide bonds. The number of alkyl halides is 1. The molecule has 2 rings (SSSR count). The molecule has 1 fully saturated rings. The first kappa shape index (κ1) is 11.7. The van der Waals surface area contributed by atoms with E-state index in [2.05, 4.69) is 4.98 Å². The Labute approximate surface area is 96.2 Å². The molecule has 0 bridgehead atoms. The largest absolute Gasteiger partial charge is 0.393 e. The second kappa shape index (κ2) is 3.91. The summed E-state index contributed by atoms with van der Waals surface area (Å²) >= 11 is 5.62. The van der Waals surface area contributed by atoms with E-state index in [1.807, 2.05) is 0 Å². The number of halogens is 3. The fraction of sp³-hybridized carbons (Fsp3) is 0.500. The molecule has 0 unspecified atom stereocenters. The van der Waals surface area contributed by atoms with Crippen molar-refractivity contribution in [3.05, 3.63) is 28.8 Å². The molecule has 1 aromatic rings. The number of pyridine rings is 1. The van der Waals surface area contributed by atoms with Gasteiger partial charge in [0.15, 0.2) is 0 Å². The molecule has 1 heterocycles. The van der Waals surface area contributed by atoms with Crippen LogP contribution < -0.4 is 5.73 Å². The number of aliphatic hydroxyl groups is 1. The molecule has 0 aromatic carbocycles. The topological polar surface area (TPSA) is 59.1 Å². The van der Waals surface area contributed by atoms with Crippen LogP contribution in [0.2, 0.25) is 5.15 Å². The van der Waals surface area contributed by atoms with Gasteiger partial charge in [0.05, 0.1) is 11.6 Å². The van der Waals surface area contributed by atoms with E-state index in [0.29, 0.717) is 6.42 Å². The van der Waals surface area contributed by atoms with Crippen LogP contribution in [0.1, 0.15) is 12.1 Å². The molecule has 3 atom stereocenters. The number of hydrogen-bond acceptors (Lipinski definition) is 3. The van der Waals surface area contributed by atoms with Gasteiger partial charge in [0.25, 0.3) is 0 Å². The Kier molecular flexibility index (Phi) is 2.86. The standard InChI is InChI=1S/C10H11ClF2N2O/c11-8-2-1-6(13)9(15-8)10(14,4-12)5-3-7(5)16/h1-2,5,7,16H,3-4,14H2/t5-,7+,10-/m0/s1. The molecule has 0 aliphatic heterocycles. The van der Waals surface area contributed by atoms with E-state index in [-0.39, 0.29) is 10.8 Å². The van der Waals surface area contributed by atoms with E-state index in [0.717, 1.165) is 6.07 Å². The van der Waals surface area contributed by atoms with Crippen LogP contribution >= 0.6 is 11.6 Å². The number of hydrogen-bond donors (Lipinski definition) is 2. The molecule has 1 saturated carbocycles.